The zero-order valence-electron chi connectivity index (χ0n) is 11.5. The van der Waals surface area contributed by atoms with E-state index >= 15 is 0 Å². The molecule has 0 aromatic heterocycles. The number of carbonyl (C=O) groups is 3. The number of likely N-dealkylation sites (tertiary alicyclic amines) is 1. The SMILES string of the molecule is COC(=O)CCN(C)C(=O)N1CCC(C)(C(=O)O)C1. The molecule has 1 unspecified atom stereocenters. The lowest BCUT2D eigenvalue weighted by molar-refractivity contribution is -0.147. The van der Waals surface area contributed by atoms with Crippen LogP contribution in [-0.2, 0) is 14.3 Å². The number of ether oxygens (including phenoxy) is 1. The second-order valence-corrected chi connectivity index (χ2v) is 5.07. The maximum absolute atomic E-state index is 12.1. The van der Waals surface area contributed by atoms with Crippen molar-refractivity contribution in [2.24, 2.45) is 5.41 Å². The normalized spacial score (nSPS) is 22.2. The summed E-state index contributed by atoms with van der Waals surface area (Å²) in [6.45, 7) is 2.51. The predicted molar refractivity (Wildman–Crippen MR) is 66.6 cm³/mol. The van der Waals surface area contributed by atoms with Crippen LogP contribution in [0.15, 0.2) is 0 Å². The lowest BCUT2D eigenvalue weighted by Crippen LogP contribution is -2.42. The van der Waals surface area contributed by atoms with E-state index in [2.05, 4.69) is 4.74 Å². The Morgan fingerprint density at radius 1 is 1.42 bits per heavy atom. The molecule has 0 radical (unpaired) electrons. The van der Waals surface area contributed by atoms with Crippen molar-refractivity contribution in [3.05, 3.63) is 0 Å². The zero-order valence-corrected chi connectivity index (χ0v) is 11.5. The number of rotatable bonds is 4. The van der Waals surface area contributed by atoms with E-state index in [0.29, 0.717) is 13.0 Å². The van der Waals surface area contributed by atoms with Crippen molar-refractivity contribution in [3.8, 4) is 0 Å². The number of methoxy groups -OCH3 is 1. The Hall–Kier alpha value is -1.79. The van der Waals surface area contributed by atoms with Crippen LogP contribution in [0.4, 0.5) is 4.79 Å². The first kappa shape index (κ1) is 15.3. The van der Waals surface area contributed by atoms with Crippen LogP contribution in [0, 0.1) is 5.41 Å². The maximum atomic E-state index is 12.1. The highest BCUT2D eigenvalue weighted by Gasteiger charge is 2.42. The number of amides is 2. The van der Waals surface area contributed by atoms with Gasteiger partial charge in [-0.1, -0.05) is 0 Å². The van der Waals surface area contributed by atoms with Crippen molar-refractivity contribution >= 4 is 18.0 Å². The summed E-state index contributed by atoms with van der Waals surface area (Å²) in [5, 5.41) is 9.11. The van der Waals surface area contributed by atoms with Gasteiger partial charge in [0.05, 0.1) is 18.9 Å². The van der Waals surface area contributed by atoms with Gasteiger partial charge in [0.15, 0.2) is 0 Å². The van der Waals surface area contributed by atoms with E-state index in [4.69, 9.17) is 5.11 Å². The number of carboxylic acids is 1. The quantitative estimate of drug-likeness (QED) is 0.748. The summed E-state index contributed by atoms with van der Waals surface area (Å²) in [6.07, 6.45) is 0.571. The van der Waals surface area contributed by atoms with Gasteiger partial charge in [0.2, 0.25) is 0 Å². The van der Waals surface area contributed by atoms with Gasteiger partial charge in [0.1, 0.15) is 0 Å². The van der Waals surface area contributed by atoms with Gasteiger partial charge in [-0.25, -0.2) is 4.79 Å². The molecule has 0 aromatic rings. The standard InChI is InChI=1S/C12H20N2O5/c1-12(10(16)17)5-7-14(8-12)11(18)13(2)6-4-9(15)19-3/h4-8H2,1-3H3,(H,16,17). The summed E-state index contributed by atoms with van der Waals surface area (Å²) in [5.41, 5.74) is -0.876. The molecule has 2 amide bonds. The van der Waals surface area contributed by atoms with Gasteiger partial charge < -0.3 is 19.6 Å². The van der Waals surface area contributed by atoms with Crippen molar-refractivity contribution in [1.29, 1.82) is 0 Å². The predicted octanol–water partition coefficient (Wildman–Crippen LogP) is 0.398. The average Bonchev–Trinajstić information content (AvgIpc) is 2.78. The second kappa shape index (κ2) is 5.90. The van der Waals surface area contributed by atoms with Gasteiger partial charge in [-0.3, -0.25) is 9.59 Å². The highest BCUT2D eigenvalue weighted by molar-refractivity contribution is 5.79. The fourth-order valence-corrected chi connectivity index (χ4v) is 2.00. The monoisotopic (exact) mass is 272 g/mol. The third-order valence-electron chi connectivity index (χ3n) is 3.47. The fourth-order valence-electron chi connectivity index (χ4n) is 2.00. The highest BCUT2D eigenvalue weighted by atomic mass is 16.5. The Morgan fingerprint density at radius 2 is 2.05 bits per heavy atom. The van der Waals surface area contributed by atoms with Gasteiger partial charge in [-0.2, -0.15) is 0 Å². The molecule has 7 nitrogen and oxygen atoms in total. The zero-order chi connectivity index (χ0) is 14.6. The number of urea groups is 1. The van der Waals surface area contributed by atoms with Gasteiger partial charge in [-0.05, 0) is 13.3 Å². The third kappa shape index (κ3) is 3.59. The molecule has 0 aliphatic carbocycles. The van der Waals surface area contributed by atoms with Crippen LogP contribution in [0.5, 0.6) is 0 Å². The Bertz CT molecular complexity index is 384. The minimum absolute atomic E-state index is 0.128. The molecule has 1 aliphatic rings. The largest absolute Gasteiger partial charge is 0.481 e. The van der Waals surface area contributed by atoms with Crippen molar-refractivity contribution in [2.45, 2.75) is 19.8 Å². The lowest BCUT2D eigenvalue weighted by atomic mass is 9.90. The highest BCUT2D eigenvalue weighted by Crippen LogP contribution is 2.30. The van der Waals surface area contributed by atoms with Crippen LogP contribution in [0.2, 0.25) is 0 Å². The topological polar surface area (TPSA) is 87.2 Å². The average molecular weight is 272 g/mol. The Kier molecular flexibility index (Phi) is 4.74. The fraction of sp³-hybridized carbons (Fsp3) is 0.750. The Balaban J connectivity index is 2.51. The number of esters is 1. The summed E-state index contributed by atoms with van der Waals surface area (Å²) in [7, 11) is 2.88. The molecule has 1 saturated heterocycles. The van der Waals surface area contributed by atoms with E-state index in [0.717, 1.165) is 0 Å². The summed E-state index contributed by atoms with van der Waals surface area (Å²) in [4.78, 5) is 37.1. The molecule has 0 saturated carbocycles. The van der Waals surface area contributed by atoms with E-state index in [-0.39, 0.29) is 31.5 Å². The number of hydrogen-bond donors (Lipinski definition) is 1. The van der Waals surface area contributed by atoms with Crippen LogP contribution in [0.1, 0.15) is 19.8 Å². The summed E-state index contributed by atoms with van der Waals surface area (Å²) in [5.74, 6) is -1.27. The molecular formula is C12H20N2O5. The second-order valence-electron chi connectivity index (χ2n) is 5.07. The smallest absolute Gasteiger partial charge is 0.319 e. The first-order valence-corrected chi connectivity index (χ1v) is 6.10. The minimum atomic E-state index is -0.889. The number of aliphatic carboxylic acids is 1. The van der Waals surface area contributed by atoms with Crippen molar-refractivity contribution in [3.63, 3.8) is 0 Å². The van der Waals surface area contributed by atoms with Crippen molar-refractivity contribution < 1.29 is 24.2 Å². The van der Waals surface area contributed by atoms with Gasteiger partial charge >= 0.3 is 18.0 Å². The van der Waals surface area contributed by atoms with Crippen LogP contribution < -0.4 is 0 Å². The Labute approximate surface area is 112 Å². The molecule has 7 heteroatoms. The molecule has 0 aromatic carbocycles. The molecule has 19 heavy (non-hydrogen) atoms. The molecule has 108 valence electrons. The first-order chi connectivity index (χ1) is 8.80. The summed E-state index contributed by atoms with van der Waals surface area (Å²) < 4.78 is 4.50. The number of carbonyl (C=O) groups excluding carboxylic acids is 2. The van der Waals surface area contributed by atoms with Crippen molar-refractivity contribution in [1.82, 2.24) is 9.80 Å². The maximum Gasteiger partial charge on any atom is 0.319 e. The Morgan fingerprint density at radius 3 is 2.53 bits per heavy atom. The molecule has 1 fully saturated rings. The lowest BCUT2D eigenvalue weighted by Gasteiger charge is -2.25. The molecule has 1 aliphatic heterocycles. The molecule has 0 bridgehead atoms. The molecule has 1 rings (SSSR count). The number of nitrogens with zero attached hydrogens (tertiary/aromatic N) is 2. The van der Waals surface area contributed by atoms with Crippen LogP contribution in [0.25, 0.3) is 0 Å². The molecule has 1 N–H and O–H groups in total. The minimum Gasteiger partial charge on any atom is -0.481 e. The number of carboxylic acid groups (broad SMARTS) is 1. The van der Waals surface area contributed by atoms with Crippen LogP contribution in [-0.4, -0.2) is 66.7 Å². The molecule has 0 spiro atoms. The van der Waals surface area contributed by atoms with E-state index in [9.17, 15) is 14.4 Å². The van der Waals surface area contributed by atoms with E-state index < -0.39 is 11.4 Å². The van der Waals surface area contributed by atoms with E-state index in [1.165, 1.54) is 16.9 Å². The molecule has 1 heterocycles. The summed E-state index contributed by atoms with van der Waals surface area (Å²) >= 11 is 0. The van der Waals surface area contributed by atoms with E-state index in [1.54, 1.807) is 14.0 Å². The van der Waals surface area contributed by atoms with Crippen LogP contribution >= 0.6 is 0 Å². The summed E-state index contributed by atoms with van der Waals surface area (Å²) in [6, 6.07) is -0.256. The first-order valence-electron chi connectivity index (χ1n) is 6.10. The van der Waals surface area contributed by atoms with Crippen molar-refractivity contribution in [2.75, 3.05) is 33.8 Å². The van der Waals surface area contributed by atoms with Gasteiger partial charge in [0.25, 0.3) is 0 Å². The number of hydrogen-bond acceptors (Lipinski definition) is 4. The third-order valence-corrected chi connectivity index (χ3v) is 3.47. The van der Waals surface area contributed by atoms with Crippen LogP contribution in [0.3, 0.4) is 0 Å². The molecule has 1 atom stereocenters. The van der Waals surface area contributed by atoms with Gasteiger partial charge in [0, 0.05) is 26.7 Å². The molecular weight excluding hydrogens is 252 g/mol. The van der Waals surface area contributed by atoms with Gasteiger partial charge in [-0.15, -0.1) is 0 Å². The van der Waals surface area contributed by atoms with E-state index in [1.807, 2.05) is 0 Å².